The fourth-order valence-corrected chi connectivity index (χ4v) is 5.65. The lowest BCUT2D eigenvalue weighted by atomic mass is 9.95. The van der Waals surface area contributed by atoms with Gasteiger partial charge < -0.3 is 35.6 Å². The molecule has 4 rings (SSSR count). The Morgan fingerprint density at radius 1 is 0.884 bits per heavy atom. The lowest BCUT2D eigenvalue weighted by molar-refractivity contribution is 0.0275. The molecule has 1 saturated heterocycles. The van der Waals surface area contributed by atoms with Crippen LogP contribution in [0.5, 0.6) is 23.0 Å². The average Bonchev–Trinajstić information content (AvgIpc) is 3.35. The van der Waals surface area contributed by atoms with E-state index in [1.54, 1.807) is 0 Å². The molecular weight excluding hydrogens is 588 g/mol. The lowest BCUT2D eigenvalue weighted by Crippen LogP contribution is -2.44. The summed E-state index contributed by atoms with van der Waals surface area (Å²) in [5, 5.41) is 52.7. The quantitative estimate of drug-likeness (QED) is 0.149. The second-order valence-corrected chi connectivity index (χ2v) is 11.8. The first kappa shape index (κ1) is 30.8. The normalized spacial score (nSPS) is 16.9. The van der Waals surface area contributed by atoms with E-state index in [1.165, 1.54) is 37.3 Å². The number of aromatic hydroxyl groups is 4. The summed E-state index contributed by atoms with van der Waals surface area (Å²) in [6.45, 7) is 0.873. The summed E-state index contributed by atoms with van der Waals surface area (Å²) in [7, 11) is -3.76. The van der Waals surface area contributed by atoms with Crippen LogP contribution in [0, 0.1) is 0 Å². The Kier molecular flexibility index (Phi) is 8.59. The molecule has 2 unspecified atom stereocenters. The number of carbonyl (C=O) groups is 4. The number of ketones is 1. The van der Waals surface area contributed by atoms with Crippen molar-refractivity contribution < 1.29 is 57.9 Å². The Morgan fingerprint density at radius 3 is 2.09 bits per heavy atom. The molecule has 0 bridgehead atoms. The van der Waals surface area contributed by atoms with E-state index >= 15 is 0 Å². The van der Waals surface area contributed by atoms with Crippen LogP contribution < -0.4 is 5.32 Å². The summed E-state index contributed by atoms with van der Waals surface area (Å²) in [6.07, 6.45) is -1.21. The van der Waals surface area contributed by atoms with Crippen LogP contribution in [0.2, 0.25) is 0 Å². The van der Waals surface area contributed by atoms with Gasteiger partial charge in [-0.25, -0.2) is 18.0 Å². The van der Waals surface area contributed by atoms with Crippen LogP contribution in [0.25, 0.3) is 0 Å². The highest BCUT2D eigenvalue weighted by Crippen LogP contribution is 2.35. The number of nitrogens with one attached hydrogen (secondary N) is 1. The third-order valence-electron chi connectivity index (χ3n) is 6.75. The fraction of sp³-hybridized carbons (Fsp3) is 0.214. The third-order valence-corrected chi connectivity index (χ3v) is 8.57. The monoisotopic (exact) mass is 614 g/mol. The highest BCUT2D eigenvalue weighted by molar-refractivity contribution is 7.89. The Labute approximate surface area is 244 Å². The van der Waals surface area contributed by atoms with Gasteiger partial charge in [0, 0.05) is 12.1 Å². The van der Waals surface area contributed by atoms with Crippen LogP contribution in [0.15, 0.2) is 54.6 Å². The van der Waals surface area contributed by atoms with E-state index < -0.39 is 85.3 Å². The molecule has 1 amide bonds. The smallest absolute Gasteiger partial charge is 0.338 e. The van der Waals surface area contributed by atoms with Gasteiger partial charge in [0.15, 0.2) is 0 Å². The number of hydrogen-bond acceptors (Lipinski definition) is 11. The van der Waals surface area contributed by atoms with Crippen molar-refractivity contribution in [1.82, 2.24) is 9.62 Å². The number of nitrogens with zero attached hydrogens (tertiary/aromatic N) is 1. The number of carboxylic acids is 1. The molecule has 14 nitrogen and oxygen atoms in total. The number of hydrogen-bond donors (Lipinski definition) is 6. The largest absolute Gasteiger partial charge is 0.508 e. The molecule has 0 aliphatic carbocycles. The van der Waals surface area contributed by atoms with E-state index in [0.717, 1.165) is 28.6 Å². The Bertz CT molecular complexity index is 1700. The van der Waals surface area contributed by atoms with Gasteiger partial charge in [-0.3, -0.25) is 9.59 Å². The molecule has 2 atom stereocenters. The topological polar surface area (TPSA) is 228 Å². The van der Waals surface area contributed by atoms with E-state index in [9.17, 15) is 53.1 Å². The van der Waals surface area contributed by atoms with Gasteiger partial charge in [-0.05, 0) is 55.5 Å². The average molecular weight is 615 g/mol. The molecule has 1 fully saturated rings. The van der Waals surface area contributed by atoms with Crippen molar-refractivity contribution in [1.29, 1.82) is 0 Å². The third kappa shape index (κ3) is 6.37. The standard InChI is InChI=1S/C28H26N2O12S/c1-2-43(40,41)30-12-18(29-26(36)14-6-8-16(31)9-7-14)22(13-30)42-28(39)15-10-20(33)24(21(34)11-15)25(35)23-17(27(37)38)4-3-5-19(23)32/h3-11,18,22,31-34H,2,12-13H2,1H3,(H,29,36)(H,37,38). The van der Waals surface area contributed by atoms with E-state index in [0.29, 0.717) is 0 Å². The van der Waals surface area contributed by atoms with Crippen LogP contribution in [0.4, 0.5) is 0 Å². The molecule has 0 radical (unpaired) electrons. The number of carboxylic acid groups (broad SMARTS) is 1. The summed E-state index contributed by atoms with van der Waals surface area (Å²) < 4.78 is 31.6. The second kappa shape index (κ2) is 12.0. The maximum absolute atomic E-state index is 13.1. The number of phenolic OH excluding ortho intramolecular Hbond substituents is 4. The van der Waals surface area contributed by atoms with Crippen LogP contribution in [0.3, 0.4) is 0 Å². The van der Waals surface area contributed by atoms with Gasteiger partial charge in [-0.1, -0.05) is 6.07 Å². The van der Waals surface area contributed by atoms with Gasteiger partial charge in [0.05, 0.1) is 35.0 Å². The molecule has 3 aromatic rings. The number of sulfonamides is 1. The van der Waals surface area contributed by atoms with Gasteiger partial charge in [-0.15, -0.1) is 0 Å². The van der Waals surface area contributed by atoms with Gasteiger partial charge in [-0.2, -0.15) is 4.31 Å². The zero-order valence-corrected chi connectivity index (χ0v) is 23.2. The predicted octanol–water partition coefficient (Wildman–Crippen LogP) is 1.43. The minimum absolute atomic E-state index is 0.0773. The summed E-state index contributed by atoms with van der Waals surface area (Å²) >= 11 is 0. The van der Waals surface area contributed by atoms with Crippen LogP contribution >= 0.6 is 0 Å². The first-order chi connectivity index (χ1) is 20.2. The SMILES string of the molecule is CCS(=O)(=O)N1CC(NC(=O)c2ccc(O)cc2)C(OC(=O)c2cc(O)c(C(=O)c3c(O)cccc3C(=O)O)c(O)c2)C1. The molecular formula is C28H26N2O12S. The first-order valence-electron chi connectivity index (χ1n) is 12.7. The number of ether oxygens (including phenoxy) is 1. The Morgan fingerprint density at radius 2 is 1.51 bits per heavy atom. The molecule has 1 aliphatic rings. The summed E-state index contributed by atoms with van der Waals surface area (Å²) in [6, 6.07) is 9.04. The van der Waals surface area contributed by atoms with Crippen molar-refractivity contribution in [2.45, 2.75) is 19.1 Å². The molecule has 15 heteroatoms. The number of esters is 1. The van der Waals surface area contributed by atoms with Crippen LogP contribution in [0.1, 0.15) is 53.9 Å². The zero-order valence-electron chi connectivity index (χ0n) is 22.4. The lowest BCUT2D eigenvalue weighted by Gasteiger charge is -2.20. The van der Waals surface area contributed by atoms with Crippen molar-refractivity contribution in [2.75, 3.05) is 18.8 Å². The number of carbonyl (C=O) groups excluding carboxylic acids is 3. The molecule has 0 spiro atoms. The highest BCUT2D eigenvalue weighted by Gasteiger charge is 2.41. The molecule has 1 heterocycles. The van der Waals surface area contributed by atoms with E-state index in [4.69, 9.17) is 4.74 Å². The van der Waals surface area contributed by atoms with E-state index in [-0.39, 0.29) is 30.2 Å². The maximum Gasteiger partial charge on any atom is 0.338 e. The van der Waals surface area contributed by atoms with Gasteiger partial charge >= 0.3 is 11.9 Å². The van der Waals surface area contributed by atoms with Crippen molar-refractivity contribution in [3.05, 3.63) is 82.4 Å². The minimum atomic E-state index is -3.76. The number of aromatic carboxylic acids is 1. The molecule has 3 aromatic carbocycles. The number of amides is 1. The molecule has 0 aromatic heterocycles. The van der Waals surface area contributed by atoms with Crippen LogP contribution in [-0.4, -0.2) is 92.9 Å². The molecule has 1 aliphatic heterocycles. The maximum atomic E-state index is 13.1. The second-order valence-electron chi connectivity index (χ2n) is 9.51. The fourth-order valence-electron chi connectivity index (χ4n) is 4.52. The highest BCUT2D eigenvalue weighted by atomic mass is 32.2. The Balaban J connectivity index is 1.60. The summed E-state index contributed by atoms with van der Waals surface area (Å²) in [4.78, 5) is 50.5. The molecule has 6 N–H and O–H groups in total. The summed E-state index contributed by atoms with van der Waals surface area (Å²) in [5.74, 6) is -7.50. The molecule has 226 valence electrons. The molecule has 0 saturated carbocycles. The van der Waals surface area contributed by atoms with E-state index in [2.05, 4.69) is 5.32 Å². The first-order valence-corrected chi connectivity index (χ1v) is 14.3. The van der Waals surface area contributed by atoms with Crippen molar-refractivity contribution >= 4 is 33.7 Å². The number of rotatable bonds is 9. The predicted molar refractivity (Wildman–Crippen MR) is 148 cm³/mol. The molecule has 43 heavy (non-hydrogen) atoms. The van der Waals surface area contributed by atoms with Crippen molar-refractivity contribution in [3.63, 3.8) is 0 Å². The minimum Gasteiger partial charge on any atom is -0.508 e. The Hall–Kier alpha value is -5.15. The van der Waals surface area contributed by atoms with Gasteiger partial charge in [0.2, 0.25) is 15.8 Å². The van der Waals surface area contributed by atoms with Crippen LogP contribution in [-0.2, 0) is 14.8 Å². The van der Waals surface area contributed by atoms with Crippen molar-refractivity contribution in [2.24, 2.45) is 0 Å². The van der Waals surface area contributed by atoms with Gasteiger partial charge in [0.25, 0.3) is 5.91 Å². The zero-order chi connectivity index (χ0) is 31.6. The van der Waals surface area contributed by atoms with Gasteiger partial charge in [0.1, 0.15) is 34.7 Å². The van der Waals surface area contributed by atoms with E-state index in [1.807, 2.05) is 0 Å². The number of phenols is 4. The summed E-state index contributed by atoms with van der Waals surface area (Å²) in [5.41, 5.74) is -2.40. The van der Waals surface area contributed by atoms with Crippen molar-refractivity contribution in [3.8, 4) is 23.0 Å². The number of benzene rings is 3.